The van der Waals surface area contributed by atoms with Gasteiger partial charge in [0.1, 0.15) is 0 Å². The Morgan fingerprint density at radius 1 is 0.238 bits per heavy atom. The van der Waals surface area contributed by atoms with Crippen LogP contribution in [0.15, 0.2) is 118 Å². The van der Waals surface area contributed by atoms with Gasteiger partial charge in [-0.15, -0.1) is 23.0 Å². The molecule has 4 aromatic rings. The summed E-state index contributed by atoms with van der Waals surface area (Å²) in [5.74, 6) is 4.02. The molecular formula is C72H108Li4N4O4+4. The molecule has 0 aliphatic carbocycles. The number of hydrogen-bond acceptors (Lipinski definition) is 4. The summed E-state index contributed by atoms with van der Waals surface area (Å²) < 4.78 is 0. The maximum absolute atomic E-state index is 11.5. The van der Waals surface area contributed by atoms with Gasteiger partial charge in [-0.05, 0) is 75.0 Å². The molecule has 0 spiro atoms. The monoisotopic (exact) mass is 1120 g/mol. The van der Waals surface area contributed by atoms with Gasteiger partial charge in [0.15, 0.2) is 22.8 Å². The number of nitrogens with one attached hydrogen (secondary N) is 4. The number of benzene rings is 4. The zero-order valence-corrected chi connectivity index (χ0v) is 59.2. The van der Waals surface area contributed by atoms with Crippen molar-refractivity contribution in [2.24, 2.45) is 0 Å². The first-order valence-electron chi connectivity index (χ1n) is 29.3. The van der Waals surface area contributed by atoms with Gasteiger partial charge in [0, 0.05) is 94.5 Å². The number of allylic oxidation sites excluding steroid dienone is 8. The van der Waals surface area contributed by atoms with E-state index in [0.29, 0.717) is 47.3 Å². The van der Waals surface area contributed by atoms with Crippen molar-refractivity contribution in [3.63, 3.8) is 0 Å². The Labute approximate surface area is 560 Å². The van der Waals surface area contributed by atoms with E-state index in [-0.39, 0.29) is 98.5 Å². The Bertz CT molecular complexity index is 2450. The minimum Gasteiger partial charge on any atom is -0.875 e. The minimum atomic E-state index is 0. The normalized spacial score (nSPS) is 13.3. The van der Waals surface area contributed by atoms with Gasteiger partial charge in [0.25, 0.3) is 0 Å². The Hall–Kier alpha value is -3.89. The molecule has 0 unspecified atom stereocenters. The predicted octanol–water partition coefficient (Wildman–Crippen LogP) is -0.942. The van der Waals surface area contributed by atoms with Gasteiger partial charge in [-0.1, -0.05) is 211 Å². The van der Waals surface area contributed by atoms with E-state index in [1.807, 2.05) is 55.4 Å². The molecule has 84 heavy (non-hydrogen) atoms. The van der Waals surface area contributed by atoms with E-state index in [1.54, 1.807) is 27.7 Å². The van der Waals surface area contributed by atoms with Crippen molar-refractivity contribution in [3.05, 3.63) is 163 Å². The van der Waals surface area contributed by atoms with Crippen LogP contribution in [-0.4, -0.2) is 22.8 Å². The average Bonchev–Trinajstić information content (AvgIpc) is 3.37. The third kappa shape index (κ3) is 26.6. The van der Waals surface area contributed by atoms with Crippen molar-refractivity contribution in [3.8, 4) is 0 Å². The van der Waals surface area contributed by atoms with E-state index >= 15 is 0 Å². The van der Waals surface area contributed by atoms with E-state index < -0.39 is 0 Å². The molecule has 4 rings (SSSR count). The molecule has 0 saturated heterocycles. The van der Waals surface area contributed by atoms with E-state index in [4.69, 9.17) is 0 Å². The molecule has 0 heterocycles. The first-order valence-corrected chi connectivity index (χ1v) is 29.3. The fourth-order valence-corrected chi connectivity index (χ4v) is 8.96. The third-order valence-electron chi connectivity index (χ3n) is 15.1. The second-order valence-electron chi connectivity index (χ2n) is 24.2. The number of para-hydroxylation sites is 4. The molecule has 0 bridgehead atoms. The summed E-state index contributed by atoms with van der Waals surface area (Å²) in [6.07, 6.45) is 0. The maximum atomic E-state index is 11.5. The van der Waals surface area contributed by atoms with Crippen molar-refractivity contribution in [2.75, 3.05) is 0 Å². The minimum absolute atomic E-state index is 0. The number of rotatable bonds is 16. The zero-order chi connectivity index (χ0) is 61.8. The van der Waals surface area contributed by atoms with Crippen LogP contribution in [0.3, 0.4) is 0 Å². The van der Waals surface area contributed by atoms with Gasteiger partial charge in [-0.3, -0.25) is 0 Å². The molecule has 4 aromatic carbocycles. The fourth-order valence-electron chi connectivity index (χ4n) is 8.96. The van der Waals surface area contributed by atoms with Crippen LogP contribution in [0.25, 0.3) is 0 Å². The van der Waals surface area contributed by atoms with Crippen LogP contribution in [0.2, 0.25) is 0 Å². The predicted molar refractivity (Wildman–Crippen MR) is 337 cm³/mol. The van der Waals surface area contributed by atoms with Gasteiger partial charge in [0.05, 0.1) is 0 Å². The van der Waals surface area contributed by atoms with Crippen molar-refractivity contribution < 1.29 is 116 Å². The van der Waals surface area contributed by atoms with E-state index in [9.17, 15) is 20.4 Å². The molecule has 0 aromatic heterocycles. The van der Waals surface area contributed by atoms with Crippen LogP contribution in [0.4, 0.5) is 22.7 Å². The fraction of sp³-hybridized carbons (Fsp3) is 0.500. The molecule has 0 aliphatic rings. The van der Waals surface area contributed by atoms with Gasteiger partial charge in [-0.2, -0.15) is 0 Å². The van der Waals surface area contributed by atoms with Crippen LogP contribution in [0, 0.1) is 0 Å². The molecule has 12 heteroatoms. The van der Waals surface area contributed by atoms with Crippen LogP contribution in [0.5, 0.6) is 0 Å². The Balaban J connectivity index is -0.000000500. The summed E-state index contributed by atoms with van der Waals surface area (Å²) in [4.78, 5) is 13.9. The summed E-state index contributed by atoms with van der Waals surface area (Å²) in [5.41, 5.74) is 21.9. The van der Waals surface area contributed by atoms with Gasteiger partial charge in [-0.25, -0.2) is 20.0 Å². The zero-order valence-electron chi connectivity index (χ0n) is 59.2. The summed E-state index contributed by atoms with van der Waals surface area (Å²) in [6, 6.07) is 25.8. The van der Waals surface area contributed by atoms with Gasteiger partial charge < -0.3 is 20.4 Å². The first kappa shape index (κ1) is 86.5. The largest absolute Gasteiger partial charge is 1.00 e. The van der Waals surface area contributed by atoms with Gasteiger partial charge >= 0.3 is 75.4 Å². The quantitative estimate of drug-likeness (QED) is 0.0653. The first-order chi connectivity index (χ1) is 37.0. The topological polar surface area (TPSA) is 148 Å². The van der Waals surface area contributed by atoms with Crippen LogP contribution >= 0.6 is 0 Å². The van der Waals surface area contributed by atoms with Crippen LogP contribution in [0.1, 0.15) is 286 Å². The van der Waals surface area contributed by atoms with E-state index in [0.717, 1.165) is 67.9 Å². The molecule has 0 saturated carbocycles. The van der Waals surface area contributed by atoms with Crippen molar-refractivity contribution >= 4 is 45.6 Å². The smallest absolute Gasteiger partial charge is 0.875 e. The molecule has 0 radical (unpaired) electrons. The Morgan fingerprint density at radius 3 is 0.429 bits per heavy atom. The molecule has 0 atom stereocenters. The van der Waals surface area contributed by atoms with E-state index in [2.05, 4.69) is 204 Å². The SMILES string of the molecule is CC(=[NH+]c1c(C(C)C)cccc1C(C)C)/C(C)=C(/C)[O-].CC(=[NH+]c1c(C(C)C)cccc1C(C)C)/C(C)=C(/C)[O-].CC(=[NH+]c1c(C(C)C)cccc1C(C)C)/C(C)=C(/C)[O-].CC(=[NH+]c1c(C(C)C)cccc1C(C)C)/C(C)=C(/C)[O-].[Li+].[Li+].[Li+].[Li+]. The summed E-state index contributed by atoms with van der Waals surface area (Å²) in [5, 5.41) is 46.1. The van der Waals surface area contributed by atoms with E-state index in [1.165, 1.54) is 44.5 Å². The standard InChI is InChI=1S/4C18H27NO.4Li/c4*1-11(2)16-9-8-10-17(12(3)4)18(16)19-14(6)13(5)15(7)20;;;;/h4*8-12,20H,1-7H3;;;;/q;;;;4*+1/b4*15-13-,19-14?;;;;. The molecular weight excluding hydrogens is 1010 g/mol. The maximum Gasteiger partial charge on any atom is 1.00 e. The summed E-state index contributed by atoms with van der Waals surface area (Å²) in [6.45, 7) is 56.9. The van der Waals surface area contributed by atoms with Crippen molar-refractivity contribution in [1.82, 2.24) is 0 Å². The molecule has 440 valence electrons. The molecule has 0 amide bonds. The second kappa shape index (κ2) is 41.3. The second-order valence-corrected chi connectivity index (χ2v) is 24.2. The molecule has 0 fully saturated rings. The summed E-state index contributed by atoms with van der Waals surface area (Å²) in [7, 11) is 0. The third-order valence-corrected chi connectivity index (χ3v) is 15.1. The Kier molecular flexibility index (Phi) is 42.5. The van der Waals surface area contributed by atoms with Crippen molar-refractivity contribution in [1.29, 1.82) is 0 Å². The Morgan fingerprint density at radius 2 is 0.345 bits per heavy atom. The summed E-state index contributed by atoms with van der Waals surface area (Å²) >= 11 is 0. The van der Waals surface area contributed by atoms with Crippen molar-refractivity contribution in [2.45, 2.75) is 241 Å². The van der Waals surface area contributed by atoms with Crippen LogP contribution in [-0.2, 0) is 0 Å². The molecule has 0 aliphatic heterocycles. The molecule has 8 nitrogen and oxygen atoms in total. The molecule has 4 N–H and O–H groups in total. The van der Waals surface area contributed by atoms with Gasteiger partial charge in [0.2, 0.25) is 22.7 Å². The average molecular weight is 1120 g/mol. The number of hydrogen-bond donors (Lipinski definition) is 4. The van der Waals surface area contributed by atoms with Crippen LogP contribution < -0.4 is 116 Å².